The summed E-state index contributed by atoms with van der Waals surface area (Å²) in [6, 6.07) is 2.97. The van der Waals surface area contributed by atoms with Crippen LogP contribution < -0.4 is 10.1 Å². The fourth-order valence-electron chi connectivity index (χ4n) is 1.37. The van der Waals surface area contributed by atoms with Crippen LogP contribution in [0.3, 0.4) is 0 Å². The summed E-state index contributed by atoms with van der Waals surface area (Å²) in [5, 5.41) is 12.6. The van der Waals surface area contributed by atoms with Gasteiger partial charge >= 0.3 is 0 Å². The van der Waals surface area contributed by atoms with E-state index in [2.05, 4.69) is 19.2 Å². The van der Waals surface area contributed by atoms with E-state index in [9.17, 15) is 13.9 Å². The first-order valence-corrected chi connectivity index (χ1v) is 5.95. The van der Waals surface area contributed by atoms with Gasteiger partial charge in [0.05, 0.1) is 0 Å². The lowest BCUT2D eigenvalue weighted by atomic mass is 10.2. The molecule has 0 fully saturated rings. The number of rotatable bonds is 7. The molecule has 0 bridgehead atoms. The first-order valence-electron chi connectivity index (χ1n) is 5.95. The third-order valence-electron chi connectivity index (χ3n) is 2.26. The molecule has 0 saturated carbocycles. The van der Waals surface area contributed by atoms with Crippen molar-refractivity contribution in [1.29, 1.82) is 0 Å². The zero-order valence-corrected chi connectivity index (χ0v) is 10.6. The molecule has 1 aromatic rings. The summed E-state index contributed by atoms with van der Waals surface area (Å²) in [4.78, 5) is 0. The molecule has 102 valence electrons. The van der Waals surface area contributed by atoms with Gasteiger partial charge in [-0.05, 0) is 24.6 Å². The second-order valence-electron chi connectivity index (χ2n) is 4.59. The molecule has 1 rings (SSSR count). The molecule has 0 aliphatic heterocycles. The highest BCUT2D eigenvalue weighted by Crippen LogP contribution is 2.17. The summed E-state index contributed by atoms with van der Waals surface area (Å²) in [5.74, 6) is -0.908. The van der Waals surface area contributed by atoms with Crippen LogP contribution in [-0.4, -0.2) is 30.9 Å². The standard InChI is InChI=1S/C13H19F2NO2/c1-9(2)6-16-7-11(17)8-18-13-5-10(14)3-4-12(13)15/h3-5,9,11,16-17H,6-8H2,1-2H3. The van der Waals surface area contributed by atoms with E-state index < -0.39 is 17.7 Å². The summed E-state index contributed by atoms with van der Waals surface area (Å²) < 4.78 is 31.1. The van der Waals surface area contributed by atoms with Crippen molar-refractivity contribution in [3.05, 3.63) is 29.8 Å². The molecule has 0 amide bonds. The number of hydrogen-bond donors (Lipinski definition) is 2. The summed E-state index contributed by atoms with van der Waals surface area (Å²) in [5.41, 5.74) is 0. The van der Waals surface area contributed by atoms with Gasteiger partial charge < -0.3 is 15.2 Å². The van der Waals surface area contributed by atoms with Crippen LogP contribution in [0.25, 0.3) is 0 Å². The molecular weight excluding hydrogens is 240 g/mol. The van der Waals surface area contributed by atoms with Crippen molar-refractivity contribution in [1.82, 2.24) is 5.32 Å². The highest BCUT2D eigenvalue weighted by molar-refractivity contribution is 5.24. The average Bonchev–Trinajstić information content (AvgIpc) is 2.30. The normalized spacial score (nSPS) is 12.8. The molecule has 2 N–H and O–H groups in total. The molecule has 0 aliphatic rings. The molecule has 3 nitrogen and oxygen atoms in total. The molecule has 0 aromatic heterocycles. The second kappa shape index (κ2) is 7.28. The lowest BCUT2D eigenvalue weighted by Crippen LogP contribution is -2.33. The molecule has 0 saturated heterocycles. The zero-order valence-electron chi connectivity index (χ0n) is 10.6. The average molecular weight is 259 g/mol. The Morgan fingerprint density at radius 2 is 2.00 bits per heavy atom. The molecule has 0 heterocycles. The van der Waals surface area contributed by atoms with Gasteiger partial charge in [-0.25, -0.2) is 8.78 Å². The largest absolute Gasteiger partial charge is 0.488 e. The number of nitrogens with one attached hydrogen (secondary N) is 1. The van der Waals surface area contributed by atoms with Crippen LogP contribution in [0.2, 0.25) is 0 Å². The van der Waals surface area contributed by atoms with E-state index in [-0.39, 0.29) is 12.4 Å². The quantitative estimate of drug-likeness (QED) is 0.786. The molecule has 1 atom stereocenters. The number of aliphatic hydroxyl groups is 1. The van der Waals surface area contributed by atoms with Crippen LogP contribution >= 0.6 is 0 Å². The van der Waals surface area contributed by atoms with Crippen molar-refractivity contribution in [2.24, 2.45) is 5.92 Å². The molecule has 5 heteroatoms. The molecule has 0 spiro atoms. The maximum Gasteiger partial charge on any atom is 0.165 e. The van der Waals surface area contributed by atoms with Crippen LogP contribution in [0, 0.1) is 17.6 Å². The van der Waals surface area contributed by atoms with Gasteiger partial charge in [-0.1, -0.05) is 13.8 Å². The van der Waals surface area contributed by atoms with E-state index in [0.29, 0.717) is 12.5 Å². The minimum atomic E-state index is -0.758. The Morgan fingerprint density at radius 3 is 2.67 bits per heavy atom. The fourth-order valence-corrected chi connectivity index (χ4v) is 1.37. The maximum atomic E-state index is 13.2. The summed E-state index contributed by atoms with van der Waals surface area (Å²) in [6.45, 7) is 5.17. The summed E-state index contributed by atoms with van der Waals surface area (Å²) >= 11 is 0. The van der Waals surface area contributed by atoms with Crippen molar-refractivity contribution >= 4 is 0 Å². The maximum absolute atomic E-state index is 13.2. The van der Waals surface area contributed by atoms with E-state index in [0.717, 1.165) is 24.7 Å². The summed E-state index contributed by atoms with van der Waals surface area (Å²) in [6.07, 6.45) is -0.758. The van der Waals surface area contributed by atoms with Crippen molar-refractivity contribution in [3.8, 4) is 5.75 Å². The first kappa shape index (κ1) is 14.9. The number of ether oxygens (including phenoxy) is 1. The topological polar surface area (TPSA) is 41.5 Å². The van der Waals surface area contributed by atoms with E-state index >= 15 is 0 Å². The Labute approximate surface area is 106 Å². The van der Waals surface area contributed by atoms with Crippen LogP contribution in [0.5, 0.6) is 5.75 Å². The minimum Gasteiger partial charge on any atom is -0.488 e. The van der Waals surface area contributed by atoms with Gasteiger partial charge in [0.25, 0.3) is 0 Å². The molecule has 1 aromatic carbocycles. The van der Waals surface area contributed by atoms with Gasteiger partial charge in [0.2, 0.25) is 0 Å². The Hall–Kier alpha value is -1.20. The number of aliphatic hydroxyl groups excluding tert-OH is 1. The zero-order chi connectivity index (χ0) is 13.5. The fraction of sp³-hybridized carbons (Fsp3) is 0.538. The van der Waals surface area contributed by atoms with E-state index in [1.165, 1.54) is 0 Å². The molecule has 18 heavy (non-hydrogen) atoms. The van der Waals surface area contributed by atoms with Gasteiger partial charge in [-0.3, -0.25) is 0 Å². The molecular formula is C13H19F2NO2. The monoisotopic (exact) mass is 259 g/mol. The van der Waals surface area contributed by atoms with Crippen molar-refractivity contribution in [2.45, 2.75) is 20.0 Å². The van der Waals surface area contributed by atoms with Crippen molar-refractivity contribution in [2.75, 3.05) is 19.7 Å². The molecule has 1 unspecified atom stereocenters. The first-order chi connectivity index (χ1) is 8.49. The van der Waals surface area contributed by atoms with Crippen LogP contribution in [0.1, 0.15) is 13.8 Å². The van der Waals surface area contributed by atoms with Gasteiger partial charge in [0, 0.05) is 12.6 Å². The van der Waals surface area contributed by atoms with Crippen molar-refractivity contribution < 1.29 is 18.6 Å². The van der Waals surface area contributed by atoms with Gasteiger partial charge in [-0.15, -0.1) is 0 Å². The van der Waals surface area contributed by atoms with E-state index in [1.807, 2.05) is 0 Å². The summed E-state index contributed by atoms with van der Waals surface area (Å²) in [7, 11) is 0. The number of hydrogen-bond acceptors (Lipinski definition) is 3. The van der Waals surface area contributed by atoms with Gasteiger partial charge in [0.15, 0.2) is 11.6 Å². The second-order valence-corrected chi connectivity index (χ2v) is 4.59. The highest BCUT2D eigenvalue weighted by atomic mass is 19.1. The molecule has 0 radical (unpaired) electrons. The Bertz CT molecular complexity index is 372. The van der Waals surface area contributed by atoms with Crippen LogP contribution in [-0.2, 0) is 0 Å². The Kier molecular flexibility index (Phi) is 6.01. The third-order valence-corrected chi connectivity index (χ3v) is 2.26. The van der Waals surface area contributed by atoms with Gasteiger partial charge in [0.1, 0.15) is 18.5 Å². The highest BCUT2D eigenvalue weighted by Gasteiger charge is 2.09. The molecule has 0 aliphatic carbocycles. The number of benzene rings is 1. The lowest BCUT2D eigenvalue weighted by molar-refractivity contribution is 0.103. The lowest BCUT2D eigenvalue weighted by Gasteiger charge is -2.14. The van der Waals surface area contributed by atoms with Crippen LogP contribution in [0.15, 0.2) is 18.2 Å². The Morgan fingerprint density at radius 1 is 1.28 bits per heavy atom. The van der Waals surface area contributed by atoms with Gasteiger partial charge in [-0.2, -0.15) is 0 Å². The predicted molar refractivity (Wildman–Crippen MR) is 65.6 cm³/mol. The smallest absolute Gasteiger partial charge is 0.165 e. The minimum absolute atomic E-state index is 0.0779. The van der Waals surface area contributed by atoms with E-state index in [4.69, 9.17) is 4.74 Å². The number of halogens is 2. The third kappa shape index (κ3) is 5.42. The SMILES string of the molecule is CC(C)CNCC(O)COc1cc(F)ccc1F. The Balaban J connectivity index is 2.33. The van der Waals surface area contributed by atoms with Crippen molar-refractivity contribution in [3.63, 3.8) is 0 Å². The predicted octanol–water partition coefficient (Wildman–Crippen LogP) is 1.95. The van der Waals surface area contributed by atoms with E-state index in [1.54, 1.807) is 0 Å². The van der Waals surface area contributed by atoms with Crippen LogP contribution in [0.4, 0.5) is 8.78 Å².